The van der Waals surface area contributed by atoms with E-state index in [9.17, 15) is 14.5 Å². The summed E-state index contributed by atoms with van der Waals surface area (Å²) in [5.41, 5.74) is 0.293. The maximum absolute atomic E-state index is 13.5. The number of nitro benzene ring substituents is 1. The number of rotatable bonds is 4. The maximum atomic E-state index is 13.5. The van der Waals surface area contributed by atoms with Gasteiger partial charge in [0.25, 0.3) is 0 Å². The topological polar surface area (TPSA) is 55.2 Å². The van der Waals surface area contributed by atoms with Crippen molar-refractivity contribution in [3.05, 3.63) is 39.7 Å². The van der Waals surface area contributed by atoms with E-state index in [1.54, 1.807) is 6.07 Å². The average Bonchev–Trinajstić information content (AvgIpc) is 2.61. The largest absolute Gasteiger partial charge is 0.310 e. The minimum absolute atomic E-state index is 0.454. The van der Waals surface area contributed by atoms with Gasteiger partial charge in [0.2, 0.25) is 5.82 Å². The van der Waals surface area contributed by atoms with E-state index < -0.39 is 16.4 Å². The van der Waals surface area contributed by atoms with E-state index in [2.05, 4.69) is 12.2 Å². The van der Waals surface area contributed by atoms with Gasteiger partial charge < -0.3 is 5.32 Å². The third-order valence-corrected chi connectivity index (χ3v) is 4.14. The molecule has 0 bridgehead atoms. The van der Waals surface area contributed by atoms with Crippen LogP contribution in [0.3, 0.4) is 0 Å². The lowest BCUT2D eigenvalue weighted by Gasteiger charge is -2.23. The standard InChI is InChI=1S/C15H21FN2O2/c1-11-5-3-2-4-6-14(11)17-10-12-7-8-15(18(19)20)13(16)9-12/h7-9,11,14,17H,2-6,10H2,1H3. The van der Waals surface area contributed by atoms with Crippen molar-refractivity contribution in [2.75, 3.05) is 0 Å². The molecule has 1 fully saturated rings. The molecular formula is C15H21FN2O2. The van der Waals surface area contributed by atoms with Crippen molar-refractivity contribution in [3.8, 4) is 0 Å². The second kappa shape index (κ2) is 6.79. The highest BCUT2D eigenvalue weighted by atomic mass is 19.1. The first-order valence-corrected chi connectivity index (χ1v) is 7.24. The van der Waals surface area contributed by atoms with Crippen LogP contribution in [-0.4, -0.2) is 11.0 Å². The van der Waals surface area contributed by atoms with E-state index >= 15 is 0 Å². The monoisotopic (exact) mass is 280 g/mol. The van der Waals surface area contributed by atoms with Gasteiger partial charge in [0, 0.05) is 18.7 Å². The Morgan fingerprint density at radius 1 is 1.35 bits per heavy atom. The van der Waals surface area contributed by atoms with Crippen molar-refractivity contribution in [1.29, 1.82) is 0 Å². The van der Waals surface area contributed by atoms with Crippen molar-refractivity contribution >= 4 is 5.69 Å². The SMILES string of the molecule is CC1CCCCCC1NCc1ccc([N+](=O)[O-])c(F)c1. The zero-order valence-electron chi connectivity index (χ0n) is 11.8. The quantitative estimate of drug-likeness (QED) is 0.518. The number of nitro groups is 1. The molecule has 0 amide bonds. The van der Waals surface area contributed by atoms with Crippen molar-refractivity contribution < 1.29 is 9.31 Å². The van der Waals surface area contributed by atoms with Crippen LogP contribution in [0.15, 0.2) is 18.2 Å². The Labute approximate surface area is 118 Å². The van der Waals surface area contributed by atoms with Crippen LogP contribution < -0.4 is 5.32 Å². The van der Waals surface area contributed by atoms with E-state index in [0.29, 0.717) is 18.5 Å². The van der Waals surface area contributed by atoms with Gasteiger partial charge >= 0.3 is 5.69 Å². The Balaban J connectivity index is 1.96. The summed E-state index contributed by atoms with van der Waals surface area (Å²) >= 11 is 0. The molecule has 0 radical (unpaired) electrons. The summed E-state index contributed by atoms with van der Waals surface area (Å²) in [6, 6.07) is 4.57. The summed E-state index contributed by atoms with van der Waals surface area (Å²) in [6.45, 7) is 2.81. The highest BCUT2D eigenvalue weighted by molar-refractivity contribution is 5.34. The summed E-state index contributed by atoms with van der Waals surface area (Å²) in [5.74, 6) is -0.136. The van der Waals surface area contributed by atoms with Crippen molar-refractivity contribution in [2.24, 2.45) is 5.92 Å². The zero-order chi connectivity index (χ0) is 14.5. The molecule has 4 nitrogen and oxygen atoms in total. The van der Waals surface area contributed by atoms with Crippen molar-refractivity contribution in [3.63, 3.8) is 0 Å². The summed E-state index contributed by atoms with van der Waals surface area (Å²) in [5, 5.41) is 14.0. The molecule has 110 valence electrons. The molecule has 1 aromatic rings. The fraction of sp³-hybridized carbons (Fsp3) is 0.600. The van der Waals surface area contributed by atoms with Crippen molar-refractivity contribution in [2.45, 2.75) is 51.6 Å². The molecule has 1 saturated carbocycles. The predicted octanol–water partition coefficient (Wildman–Crippen LogP) is 3.79. The van der Waals surface area contributed by atoms with Gasteiger partial charge in [-0.1, -0.05) is 32.3 Å². The second-order valence-corrected chi connectivity index (χ2v) is 5.65. The molecule has 2 rings (SSSR count). The molecule has 20 heavy (non-hydrogen) atoms. The number of hydrogen-bond acceptors (Lipinski definition) is 3. The number of benzene rings is 1. The lowest BCUT2D eigenvalue weighted by atomic mass is 9.97. The molecule has 0 spiro atoms. The third kappa shape index (κ3) is 3.76. The van der Waals surface area contributed by atoms with Crippen LogP contribution in [0, 0.1) is 21.8 Å². The Morgan fingerprint density at radius 3 is 2.80 bits per heavy atom. The molecule has 2 unspecified atom stereocenters. The lowest BCUT2D eigenvalue weighted by Crippen LogP contribution is -2.33. The predicted molar refractivity (Wildman–Crippen MR) is 75.9 cm³/mol. The van der Waals surface area contributed by atoms with Crippen LogP contribution in [0.4, 0.5) is 10.1 Å². The zero-order valence-corrected chi connectivity index (χ0v) is 11.8. The molecule has 0 saturated heterocycles. The summed E-state index contributed by atoms with van der Waals surface area (Å²) in [6.07, 6.45) is 6.18. The van der Waals surface area contributed by atoms with Gasteiger partial charge in [-0.25, -0.2) is 0 Å². The van der Waals surface area contributed by atoms with Gasteiger partial charge in [0.15, 0.2) is 0 Å². The van der Waals surface area contributed by atoms with Crippen LogP contribution >= 0.6 is 0 Å². The number of halogens is 1. The summed E-state index contributed by atoms with van der Waals surface area (Å²) in [4.78, 5) is 9.87. The van der Waals surface area contributed by atoms with Gasteiger partial charge in [-0.15, -0.1) is 0 Å². The Kier molecular flexibility index (Phi) is 5.06. The van der Waals surface area contributed by atoms with Gasteiger partial charge in [0.05, 0.1) is 4.92 Å². The third-order valence-electron chi connectivity index (χ3n) is 4.14. The molecule has 0 aromatic heterocycles. The highest BCUT2D eigenvalue weighted by Crippen LogP contribution is 2.24. The van der Waals surface area contributed by atoms with Crippen LogP contribution in [-0.2, 0) is 6.54 Å². The fourth-order valence-corrected chi connectivity index (χ4v) is 2.85. The first kappa shape index (κ1) is 14.9. The molecule has 0 heterocycles. The van der Waals surface area contributed by atoms with E-state index in [4.69, 9.17) is 0 Å². The van der Waals surface area contributed by atoms with Crippen LogP contribution in [0.2, 0.25) is 0 Å². The fourth-order valence-electron chi connectivity index (χ4n) is 2.85. The summed E-state index contributed by atoms with van der Waals surface area (Å²) in [7, 11) is 0. The minimum atomic E-state index is -0.761. The molecular weight excluding hydrogens is 259 g/mol. The summed E-state index contributed by atoms with van der Waals surface area (Å²) < 4.78 is 13.5. The van der Waals surface area contributed by atoms with Gasteiger partial charge in [-0.3, -0.25) is 10.1 Å². The van der Waals surface area contributed by atoms with Gasteiger partial charge in [0.1, 0.15) is 0 Å². The van der Waals surface area contributed by atoms with Crippen LogP contribution in [0.1, 0.15) is 44.6 Å². The van der Waals surface area contributed by atoms with E-state index in [1.807, 2.05) is 0 Å². The Bertz CT molecular complexity index is 479. The van der Waals surface area contributed by atoms with E-state index in [1.165, 1.54) is 37.8 Å². The first-order chi connectivity index (χ1) is 9.58. The molecule has 5 heteroatoms. The molecule has 1 aliphatic carbocycles. The minimum Gasteiger partial charge on any atom is -0.310 e. The number of hydrogen-bond donors (Lipinski definition) is 1. The Hall–Kier alpha value is -1.49. The van der Waals surface area contributed by atoms with Gasteiger partial charge in [-0.05, 0) is 30.4 Å². The second-order valence-electron chi connectivity index (χ2n) is 5.65. The van der Waals surface area contributed by atoms with Crippen LogP contribution in [0.25, 0.3) is 0 Å². The molecule has 1 N–H and O–H groups in total. The molecule has 2 atom stereocenters. The lowest BCUT2D eigenvalue weighted by molar-refractivity contribution is -0.387. The average molecular weight is 280 g/mol. The normalized spacial score (nSPS) is 23.3. The van der Waals surface area contributed by atoms with E-state index in [0.717, 1.165) is 12.0 Å². The molecule has 0 aliphatic heterocycles. The maximum Gasteiger partial charge on any atom is 0.304 e. The number of nitrogens with zero attached hydrogens (tertiary/aromatic N) is 1. The molecule has 1 aromatic carbocycles. The molecule has 1 aliphatic rings. The van der Waals surface area contributed by atoms with Crippen molar-refractivity contribution in [1.82, 2.24) is 5.32 Å². The van der Waals surface area contributed by atoms with Gasteiger partial charge in [-0.2, -0.15) is 4.39 Å². The number of nitrogens with one attached hydrogen (secondary N) is 1. The van der Waals surface area contributed by atoms with Crippen LogP contribution in [0.5, 0.6) is 0 Å². The highest BCUT2D eigenvalue weighted by Gasteiger charge is 2.19. The smallest absolute Gasteiger partial charge is 0.304 e. The first-order valence-electron chi connectivity index (χ1n) is 7.24. The Morgan fingerprint density at radius 2 is 2.10 bits per heavy atom. The van der Waals surface area contributed by atoms with E-state index in [-0.39, 0.29) is 0 Å².